The van der Waals surface area contributed by atoms with Gasteiger partial charge in [0.05, 0.1) is 5.56 Å². The number of hydrogen-bond acceptors (Lipinski definition) is 9. The topological polar surface area (TPSA) is 125 Å². The first-order valence-corrected chi connectivity index (χ1v) is 11.5. The summed E-state index contributed by atoms with van der Waals surface area (Å²) in [6, 6.07) is 8.51. The Bertz CT molecular complexity index is 1000. The molecule has 2 rings (SSSR count). The third kappa shape index (κ3) is 8.77. The van der Waals surface area contributed by atoms with E-state index in [1.165, 1.54) is 24.3 Å². The number of ether oxygens (including phenoxy) is 4. The van der Waals surface area contributed by atoms with Gasteiger partial charge in [-0.05, 0) is 49.1 Å². The molecule has 9 nitrogen and oxygen atoms in total. The van der Waals surface area contributed by atoms with Gasteiger partial charge in [-0.1, -0.05) is 32.9 Å². The second kappa shape index (κ2) is 13.7. The van der Waals surface area contributed by atoms with E-state index >= 15 is 0 Å². The fourth-order valence-corrected chi connectivity index (χ4v) is 2.90. The average molecular weight is 487 g/mol. The molecule has 0 bridgehead atoms. The molecule has 0 saturated heterocycles. The van der Waals surface area contributed by atoms with Crippen LogP contribution in [-0.2, 0) is 25.7 Å². The smallest absolute Gasteiger partial charge is 0.338 e. The van der Waals surface area contributed by atoms with Crippen LogP contribution in [0.1, 0.15) is 75.2 Å². The van der Waals surface area contributed by atoms with Crippen molar-refractivity contribution in [3.8, 4) is 23.0 Å². The Balaban J connectivity index is 2.44. The molecule has 0 saturated carbocycles. The van der Waals surface area contributed by atoms with Crippen LogP contribution in [0.3, 0.4) is 0 Å². The molecule has 0 unspecified atom stereocenters. The van der Waals surface area contributed by atoms with Crippen LogP contribution in [-0.4, -0.2) is 29.0 Å². The minimum Gasteiger partial charge on any atom is -0.508 e. The molecular weight excluding hydrogens is 456 g/mol. The lowest BCUT2D eigenvalue weighted by Gasteiger charge is -2.16. The van der Waals surface area contributed by atoms with Crippen LogP contribution < -0.4 is 14.2 Å². The number of phenolic OH excluding ortho intramolecular Hbond substituents is 1. The first-order valence-electron chi connectivity index (χ1n) is 11.5. The Kier molecular flexibility index (Phi) is 10.7. The summed E-state index contributed by atoms with van der Waals surface area (Å²) in [4.78, 5) is 49.5. The van der Waals surface area contributed by atoms with E-state index in [-0.39, 0.29) is 54.4 Å². The molecule has 35 heavy (non-hydrogen) atoms. The summed E-state index contributed by atoms with van der Waals surface area (Å²) >= 11 is 0. The fourth-order valence-electron chi connectivity index (χ4n) is 2.90. The molecule has 0 heterocycles. The van der Waals surface area contributed by atoms with Crippen molar-refractivity contribution in [1.82, 2.24) is 0 Å². The molecule has 0 aromatic heterocycles. The summed E-state index contributed by atoms with van der Waals surface area (Å²) in [5.41, 5.74) is 0.558. The van der Waals surface area contributed by atoms with Gasteiger partial charge in [0.2, 0.25) is 5.75 Å². The van der Waals surface area contributed by atoms with Crippen molar-refractivity contribution in [2.24, 2.45) is 0 Å². The van der Waals surface area contributed by atoms with Crippen molar-refractivity contribution < 1.29 is 43.2 Å². The molecule has 0 fully saturated rings. The van der Waals surface area contributed by atoms with E-state index in [4.69, 9.17) is 18.9 Å². The maximum atomic E-state index is 12.8. The lowest BCUT2D eigenvalue weighted by Crippen LogP contribution is -2.16. The SMILES string of the molecule is CCCC(=O)Oc1cc(C(=O)OCc2ccc(O)cc2)cc(OC(=O)CCC)c1OC(=O)CCC. The zero-order chi connectivity index (χ0) is 25.8. The molecule has 0 aliphatic rings. The second-order valence-corrected chi connectivity index (χ2v) is 7.72. The molecule has 0 atom stereocenters. The second-order valence-electron chi connectivity index (χ2n) is 7.72. The summed E-state index contributed by atoms with van der Waals surface area (Å²) in [5.74, 6) is -3.27. The van der Waals surface area contributed by atoms with E-state index < -0.39 is 23.9 Å². The van der Waals surface area contributed by atoms with Gasteiger partial charge in [0, 0.05) is 19.3 Å². The normalized spacial score (nSPS) is 10.4. The summed E-state index contributed by atoms with van der Waals surface area (Å²) < 4.78 is 21.4. The molecule has 0 aliphatic carbocycles. The van der Waals surface area contributed by atoms with Crippen molar-refractivity contribution in [2.75, 3.05) is 0 Å². The number of rotatable bonds is 12. The Labute approximate surface area is 203 Å². The maximum Gasteiger partial charge on any atom is 0.338 e. The highest BCUT2D eigenvalue weighted by Gasteiger charge is 2.25. The third-order valence-corrected chi connectivity index (χ3v) is 4.59. The Morgan fingerprint density at radius 2 is 1.17 bits per heavy atom. The lowest BCUT2D eigenvalue weighted by molar-refractivity contribution is -0.138. The van der Waals surface area contributed by atoms with Crippen molar-refractivity contribution in [2.45, 2.75) is 65.9 Å². The molecule has 0 amide bonds. The van der Waals surface area contributed by atoms with Crippen molar-refractivity contribution >= 4 is 23.9 Å². The van der Waals surface area contributed by atoms with Crippen LogP contribution in [0.5, 0.6) is 23.0 Å². The van der Waals surface area contributed by atoms with Gasteiger partial charge in [0.1, 0.15) is 12.4 Å². The zero-order valence-electron chi connectivity index (χ0n) is 20.1. The van der Waals surface area contributed by atoms with Crippen LogP contribution in [0, 0.1) is 0 Å². The minimum absolute atomic E-state index is 0.0716. The Morgan fingerprint density at radius 1 is 0.714 bits per heavy atom. The largest absolute Gasteiger partial charge is 0.508 e. The highest BCUT2D eigenvalue weighted by Crippen LogP contribution is 2.40. The fraction of sp³-hybridized carbons (Fsp3) is 0.385. The molecular formula is C26H30O9. The summed E-state index contributed by atoms with van der Waals surface area (Å²) in [6.07, 6.45) is 1.79. The quantitative estimate of drug-likeness (QED) is 0.330. The number of aromatic hydroxyl groups is 1. The monoisotopic (exact) mass is 486 g/mol. The first kappa shape index (κ1) is 27.4. The lowest BCUT2D eigenvalue weighted by atomic mass is 10.1. The van der Waals surface area contributed by atoms with Gasteiger partial charge >= 0.3 is 23.9 Å². The molecule has 2 aromatic carbocycles. The van der Waals surface area contributed by atoms with Crippen molar-refractivity contribution in [1.29, 1.82) is 0 Å². The van der Waals surface area contributed by atoms with Gasteiger partial charge in [-0.25, -0.2) is 4.79 Å². The van der Waals surface area contributed by atoms with Gasteiger partial charge in [-0.3, -0.25) is 14.4 Å². The number of esters is 4. The van der Waals surface area contributed by atoms with Crippen LogP contribution >= 0.6 is 0 Å². The summed E-state index contributed by atoms with van der Waals surface area (Å²) in [5, 5.41) is 9.39. The molecule has 188 valence electrons. The van der Waals surface area contributed by atoms with Crippen molar-refractivity contribution in [3.05, 3.63) is 47.5 Å². The van der Waals surface area contributed by atoms with Gasteiger partial charge in [-0.2, -0.15) is 0 Å². The van der Waals surface area contributed by atoms with E-state index in [0.717, 1.165) is 0 Å². The highest BCUT2D eigenvalue weighted by atomic mass is 16.6. The predicted molar refractivity (Wildman–Crippen MR) is 125 cm³/mol. The average Bonchev–Trinajstić information content (AvgIpc) is 2.80. The first-order chi connectivity index (χ1) is 16.8. The van der Waals surface area contributed by atoms with E-state index in [0.29, 0.717) is 24.8 Å². The predicted octanol–water partition coefficient (Wildman–Crippen LogP) is 4.87. The van der Waals surface area contributed by atoms with Gasteiger partial charge in [-0.15, -0.1) is 0 Å². The minimum atomic E-state index is -0.787. The van der Waals surface area contributed by atoms with E-state index in [9.17, 15) is 24.3 Å². The number of phenols is 1. The zero-order valence-corrected chi connectivity index (χ0v) is 20.1. The highest BCUT2D eigenvalue weighted by molar-refractivity contribution is 5.92. The van der Waals surface area contributed by atoms with Gasteiger partial charge in [0.15, 0.2) is 11.5 Å². The summed E-state index contributed by atoms with van der Waals surface area (Å²) in [6.45, 7) is 5.28. The van der Waals surface area contributed by atoms with Gasteiger partial charge in [0.25, 0.3) is 0 Å². The van der Waals surface area contributed by atoms with Crippen LogP contribution in [0.4, 0.5) is 0 Å². The Hall–Kier alpha value is -3.88. The van der Waals surface area contributed by atoms with Crippen LogP contribution in [0.2, 0.25) is 0 Å². The van der Waals surface area contributed by atoms with Crippen LogP contribution in [0.15, 0.2) is 36.4 Å². The number of benzene rings is 2. The van der Waals surface area contributed by atoms with E-state index in [1.54, 1.807) is 32.9 Å². The van der Waals surface area contributed by atoms with Gasteiger partial charge < -0.3 is 24.1 Å². The Morgan fingerprint density at radius 3 is 1.63 bits per heavy atom. The number of hydrogen-bond donors (Lipinski definition) is 1. The maximum absolute atomic E-state index is 12.8. The van der Waals surface area contributed by atoms with Crippen molar-refractivity contribution in [3.63, 3.8) is 0 Å². The van der Waals surface area contributed by atoms with E-state index in [2.05, 4.69) is 0 Å². The third-order valence-electron chi connectivity index (χ3n) is 4.59. The number of carbonyl (C=O) groups excluding carboxylic acids is 4. The molecule has 2 aromatic rings. The molecule has 0 spiro atoms. The standard InChI is InChI=1S/C26H30O9/c1-4-7-22(28)33-20-14-18(26(31)32-16-17-10-12-19(27)13-11-17)15-21(34-23(29)8-5-2)25(20)35-24(30)9-6-3/h10-15,27H,4-9,16H2,1-3H3. The molecule has 0 aliphatic heterocycles. The molecule has 0 radical (unpaired) electrons. The number of carbonyl (C=O) groups is 4. The summed E-state index contributed by atoms with van der Waals surface area (Å²) in [7, 11) is 0. The van der Waals surface area contributed by atoms with E-state index in [1.807, 2.05) is 0 Å². The molecule has 9 heteroatoms. The van der Waals surface area contributed by atoms with Crippen LogP contribution in [0.25, 0.3) is 0 Å². The molecule has 1 N–H and O–H groups in total.